The Hall–Kier alpha value is -3.03. The van der Waals surface area contributed by atoms with E-state index in [1.54, 1.807) is 18.7 Å². The van der Waals surface area contributed by atoms with Gasteiger partial charge in [0.05, 0.1) is 11.4 Å². The van der Waals surface area contributed by atoms with E-state index >= 15 is 0 Å². The summed E-state index contributed by atoms with van der Waals surface area (Å²) in [5.41, 5.74) is 1.36. The zero-order chi connectivity index (χ0) is 20.8. The molecule has 2 aromatic rings. The molecule has 0 spiro atoms. The molecule has 29 heavy (non-hydrogen) atoms. The minimum absolute atomic E-state index is 0.0944. The number of nitrogens with zero attached hydrogens (tertiary/aromatic N) is 2. The van der Waals surface area contributed by atoms with Crippen LogP contribution in [0.3, 0.4) is 0 Å². The summed E-state index contributed by atoms with van der Waals surface area (Å²) in [6.07, 6.45) is 5.63. The first-order chi connectivity index (χ1) is 14.0. The van der Waals surface area contributed by atoms with E-state index in [4.69, 9.17) is 0 Å². The molecule has 0 atom stereocenters. The lowest BCUT2D eigenvalue weighted by Gasteiger charge is -2.22. The fourth-order valence-electron chi connectivity index (χ4n) is 3.69. The van der Waals surface area contributed by atoms with Gasteiger partial charge in [0.1, 0.15) is 5.69 Å². The standard InChI is InChI=1S/C21H29N5O3/c1-15-19(20(28)26(25(15)2)17-11-7-4-8-12-17)24-18(27)13-14-22-21(29)23-16-9-5-3-6-10-16/h4,7-8,11-12,16H,3,5-6,9-10,13-14H2,1-2H3,(H,24,27)(H2,22,23,29). The summed E-state index contributed by atoms with van der Waals surface area (Å²) in [5.74, 6) is -0.311. The van der Waals surface area contributed by atoms with E-state index < -0.39 is 0 Å². The lowest BCUT2D eigenvalue weighted by atomic mass is 9.96. The van der Waals surface area contributed by atoms with Crippen molar-refractivity contribution in [2.45, 2.75) is 51.5 Å². The minimum atomic E-state index is -0.311. The Bertz CT molecular complexity index is 910. The first kappa shape index (κ1) is 20.7. The van der Waals surface area contributed by atoms with E-state index in [-0.39, 0.29) is 42.2 Å². The smallest absolute Gasteiger partial charge is 0.315 e. The molecule has 3 amide bonds. The van der Waals surface area contributed by atoms with Gasteiger partial charge in [-0.25, -0.2) is 9.48 Å². The summed E-state index contributed by atoms with van der Waals surface area (Å²) in [7, 11) is 1.77. The average molecular weight is 399 g/mol. The second-order valence-corrected chi connectivity index (χ2v) is 7.47. The molecular formula is C21H29N5O3. The molecule has 3 N–H and O–H groups in total. The molecule has 156 valence electrons. The highest BCUT2D eigenvalue weighted by molar-refractivity contribution is 5.91. The normalized spacial score (nSPS) is 14.4. The number of para-hydroxylation sites is 1. The van der Waals surface area contributed by atoms with Gasteiger partial charge in [0.15, 0.2) is 0 Å². The Morgan fingerprint density at radius 3 is 2.48 bits per heavy atom. The van der Waals surface area contributed by atoms with Gasteiger partial charge in [0.25, 0.3) is 5.56 Å². The van der Waals surface area contributed by atoms with Crippen LogP contribution in [0, 0.1) is 6.92 Å². The number of anilines is 1. The van der Waals surface area contributed by atoms with Gasteiger partial charge >= 0.3 is 6.03 Å². The second kappa shape index (κ2) is 9.45. The summed E-state index contributed by atoms with van der Waals surface area (Å²) in [6, 6.07) is 9.24. The van der Waals surface area contributed by atoms with Crippen molar-refractivity contribution in [1.82, 2.24) is 20.0 Å². The van der Waals surface area contributed by atoms with Crippen molar-refractivity contribution in [3.63, 3.8) is 0 Å². The third-order valence-corrected chi connectivity index (χ3v) is 5.40. The number of carbonyl (C=O) groups is 2. The Balaban J connectivity index is 1.54. The van der Waals surface area contributed by atoms with Crippen molar-refractivity contribution >= 4 is 17.6 Å². The van der Waals surface area contributed by atoms with Gasteiger partial charge in [-0.1, -0.05) is 37.5 Å². The van der Waals surface area contributed by atoms with Crippen LogP contribution >= 0.6 is 0 Å². The van der Waals surface area contributed by atoms with Crippen molar-refractivity contribution in [3.05, 3.63) is 46.4 Å². The van der Waals surface area contributed by atoms with Crippen molar-refractivity contribution < 1.29 is 9.59 Å². The molecule has 1 aliphatic carbocycles. The van der Waals surface area contributed by atoms with E-state index in [0.29, 0.717) is 5.69 Å². The highest BCUT2D eigenvalue weighted by Crippen LogP contribution is 2.17. The Morgan fingerprint density at radius 2 is 1.79 bits per heavy atom. The lowest BCUT2D eigenvalue weighted by Crippen LogP contribution is -2.43. The first-order valence-electron chi connectivity index (χ1n) is 10.2. The van der Waals surface area contributed by atoms with Crippen LogP contribution in [0.25, 0.3) is 5.69 Å². The predicted molar refractivity (Wildman–Crippen MR) is 112 cm³/mol. The molecule has 1 aliphatic rings. The number of nitrogens with one attached hydrogen (secondary N) is 3. The van der Waals surface area contributed by atoms with Gasteiger partial charge in [-0.3, -0.25) is 14.3 Å². The van der Waals surface area contributed by atoms with Crippen molar-refractivity contribution in [2.75, 3.05) is 11.9 Å². The fourth-order valence-corrected chi connectivity index (χ4v) is 3.69. The highest BCUT2D eigenvalue weighted by Gasteiger charge is 2.18. The number of benzene rings is 1. The molecule has 1 saturated carbocycles. The van der Waals surface area contributed by atoms with Gasteiger partial charge in [-0.05, 0) is 31.9 Å². The molecule has 8 heteroatoms. The molecule has 3 rings (SSSR count). The molecule has 1 fully saturated rings. The quantitative estimate of drug-likeness (QED) is 0.696. The number of hydrogen-bond acceptors (Lipinski definition) is 3. The molecule has 8 nitrogen and oxygen atoms in total. The van der Waals surface area contributed by atoms with Gasteiger partial charge in [0, 0.05) is 26.1 Å². The number of hydrogen-bond donors (Lipinski definition) is 3. The molecule has 0 radical (unpaired) electrons. The van der Waals surface area contributed by atoms with E-state index in [9.17, 15) is 14.4 Å². The molecule has 0 aliphatic heterocycles. The molecule has 1 aromatic heterocycles. The minimum Gasteiger partial charge on any atom is -0.338 e. The summed E-state index contributed by atoms with van der Waals surface area (Å²) in [5, 5.41) is 8.37. The third-order valence-electron chi connectivity index (χ3n) is 5.40. The number of aromatic nitrogens is 2. The molecule has 0 saturated heterocycles. The van der Waals surface area contributed by atoms with E-state index in [1.165, 1.54) is 11.1 Å². The van der Waals surface area contributed by atoms with Crippen molar-refractivity contribution in [3.8, 4) is 5.69 Å². The average Bonchev–Trinajstić information content (AvgIpc) is 2.92. The molecule has 1 heterocycles. The fraction of sp³-hybridized carbons (Fsp3) is 0.476. The molecule has 0 unspecified atom stereocenters. The molecule has 1 aromatic carbocycles. The SMILES string of the molecule is Cc1c(NC(=O)CCNC(=O)NC2CCCCC2)c(=O)n(-c2ccccc2)n1C. The van der Waals surface area contributed by atoms with Gasteiger partial charge in [0.2, 0.25) is 5.91 Å². The lowest BCUT2D eigenvalue weighted by molar-refractivity contribution is -0.116. The van der Waals surface area contributed by atoms with Crippen LogP contribution in [0.5, 0.6) is 0 Å². The zero-order valence-electron chi connectivity index (χ0n) is 17.0. The maximum atomic E-state index is 12.8. The Labute approximate surface area is 170 Å². The van der Waals surface area contributed by atoms with Gasteiger partial charge < -0.3 is 16.0 Å². The summed E-state index contributed by atoms with van der Waals surface area (Å²) < 4.78 is 3.23. The third kappa shape index (κ3) is 5.07. The maximum Gasteiger partial charge on any atom is 0.315 e. The van der Waals surface area contributed by atoms with Crippen LogP contribution in [0.4, 0.5) is 10.5 Å². The zero-order valence-corrected chi connectivity index (χ0v) is 17.0. The van der Waals surface area contributed by atoms with Gasteiger partial charge in [-0.15, -0.1) is 0 Å². The van der Waals surface area contributed by atoms with E-state index in [1.807, 2.05) is 30.3 Å². The van der Waals surface area contributed by atoms with Crippen LogP contribution in [-0.4, -0.2) is 33.9 Å². The van der Waals surface area contributed by atoms with Crippen LogP contribution in [0.2, 0.25) is 0 Å². The highest BCUT2D eigenvalue weighted by atomic mass is 16.2. The summed E-state index contributed by atoms with van der Waals surface area (Å²) >= 11 is 0. The van der Waals surface area contributed by atoms with E-state index in [0.717, 1.165) is 31.4 Å². The van der Waals surface area contributed by atoms with Crippen LogP contribution < -0.4 is 21.5 Å². The second-order valence-electron chi connectivity index (χ2n) is 7.47. The maximum absolute atomic E-state index is 12.8. The largest absolute Gasteiger partial charge is 0.338 e. The predicted octanol–water partition coefficient (Wildman–Crippen LogP) is 2.44. The van der Waals surface area contributed by atoms with Crippen LogP contribution in [-0.2, 0) is 11.8 Å². The van der Waals surface area contributed by atoms with Gasteiger partial charge in [-0.2, -0.15) is 0 Å². The monoisotopic (exact) mass is 399 g/mol. The summed E-state index contributed by atoms with van der Waals surface area (Å²) in [4.78, 5) is 37.1. The Kier molecular flexibility index (Phi) is 6.74. The van der Waals surface area contributed by atoms with Crippen LogP contribution in [0.1, 0.15) is 44.2 Å². The Morgan fingerprint density at radius 1 is 1.10 bits per heavy atom. The van der Waals surface area contributed by atoms with Crippen molar-refractivity contribution in [1.29, 1.82) is 0 Å². The molecule has 0 bridgehead atoms. The number of urea groups is 1. The van der Waals surface area contributed by atoms with Crippen LogP contribution in [0.15, 0.2) is 35.1 Å². The number of rotatable bonds is 6. The number of carbonyl (C=O) groups excluding carboxylic acids is 2. The summed E-state index contributed by atoms with van der Waals surface area (Å²) in [6.45, 7) is 2.00. The first-order valence-corrected chi connectivity index (χ1v) is 10.2. The van der Waals surface area contributed by atoms with E-state index in [2.05, 4.69) is 16.0 Å². The van der Waals surface area contributed by atoms with Crippen molar-refractivity contribution in [2.24, 2.45) is 7.05 Å². The number of amides is 3. The topological polar surface area (TPSA) is 97.2 Å². The molecular weight excluding hydrogens is 370 g/mol.